The molecule has 0 spiro atoms. The van der Waals surface area contributed by atoms with Crippen molar-refractivity contribution < 1.29 is 0 Å². The zero-order valence-corrected chi connectivity index (χ0v) is 12.5. The van der Waals surface area contributed by atoms with Gasteiger partial charge in [0.15, 0.2) is 3.98 Å². The summed E-state index contributed by atoms with van der Waals surface area (Å²) < 4.78 is 1.10. The molecule has 0 radical (unpaired) electrons. The Bertz CT molecular complexity index is 596. The average molecular weight is 284 g/mol. The van der Waals surface area contributed by atoms with E-state index >= 15 is 0 Å². The van der Waals surface area contributed by atoms with E-state index < -0.39 is 0 Å². The molecule has 0 bridgehead atoms. The summed E-state index contributed by atoms with van der Waals surface area (Å²) in [4.78, 5) is 7.48. The molecule has 0 N–H and O–H groups in total. The van der Waals surface area contributed by atoms with Gasteiger partial charge in [-0.05, 0) is 38.0 Å². The van der Waals surface area contributed by atoms with Crippen LogP contribution in [-0.2, 0) is 6.42 Å². The molecule has 1 nitrogen and oxygen atoms in total. The van der Waals surface area contributed by atoms with Crippen LogP contribution in [0, 0.1) is 13.8 Å². The number of hydrogen-bond acceptors (Lipinski definition) is 3. The van der Waals surface area contributed by atoms with Gasteiger partial charge in [-0.15, -0.1) is 22.7 Å². The van der Waals surface area contributed by atoms with Gasteiger partial charge in [-0.1, -0.05) is 24.6 Å². The highest BCUT2D eigenvalue weighted by atomic mass is 35.5. The van der Waals surface area contributed by atoms with Crippen molar-refractivity contribution in [3.05, 3.63) is 42.5 Å². The molecule has 0 aliphatic heterocycles. The predicted octanol–water partition coefficient (Wildman–Crippen LogP) is 4.87. The van der Waals surface area contributed by atoms with Gasteiger partial charge in [-0.2, -0.15) is 0 Å². The van der Waals surface area contributed by atoms with Crippen molar-refractivity contribution >= 4 is 40.0 Å². The van der Waals surface area contributed by atoms with Gasteiger partial charge in [0.25, 0.3) is 0 Å². The van der Waals surface area contributed by atoms with Crippen molar-refractivity contribution in [2.75, 3.05) is 0 Å². The van der Waals surface area contributed by atoms with E-state index in [0.29, 0.717) is 0 Å². The first-order valence-electron chi connectivity index (χ1n) is 5.50. The van der Waals surface area contributed by atoms with E-state index in [1.807, 2.05) is 18.2 Å². The van der Waals surface area contributed by atoms with Crippen molar-refractivity contribution in [1.29, 1.82) is 0 Å². The molecule has 2 aromatic rings. The number of hydrogen-bond donors (Lipinski definition) is 0. The standard InChI is InChI=1S/C13H14ClNS2/c1-4-12-9(3)16-13(17-12)15-11-7-10(14)6-5-8(11)2/h5-7H,4H2,1-3H3. The second-order valence-electron chi connectivity index (χ2n) is 3.85. The maximum Gasteiger partial charge on any atom is 0.171 e. The largest absolute Gasteiger partial charge is 0.227 e. The second-order valence-corrected chi connectivity index (χ2v) is 6.83. The summed E-state index contributed by atoms with van der Waals surface area (Å²) in [5.41, 5.74) is 2.13. The lowest BCUT2D eigenvalue weighted by molar-refractivity contribution is 1.17. The van der Waals surface area contributed by atoms with Gasteiger partial charge in [-0.3, -0.25) is 0 Å². The van der Waals surface area contributed by atoms with Gasteiger partial charge in [-0.25, -0.2) is 4.99 Å². The summed E-state index contributed by atoms with van der Waals surface area (Å²) in [5, 5.41) is 0.739. The highest BCUT2D eigenvalue weighted by molar-refractivity contribution is 7.27. The first kappa shape index (κ1) is 12.8. The number of rotatable bonds is 2. The SMILES string of the molecule is CCc1sc(=Nc2cc(Cl)ccc2C)sc1C. The van der Waals surface area contributed by atoms with E-state index in [1.54, 1.807) is 22.7 Å². The van der Waals surface area contributed by atoms with E-state index in [4.69, 9.17) is 11.6 Å². The number of halogens is 1. The lowest BCUT2D eigenvalue weighted by atomic mass is 10.2. The number of nitrogens with zero attached hydrogens (tertiary/aromatic N) is 1. The Morgan fingerprint density at radius 3 is 2.65 bits per heavy atom. The van der Waals surface area contributed by atoms with Gasteiger partial charge >= 0.3 is 0 Å². The summed E-state index contributed by atoms with van der Waals surface area (Å²) in [6, 6.07) is 5.83. The van der Waals surface area contributed by atoms with Crippen molar-refractivity contribution in [1.82, 2.24) is 0 Å². The molecular formula is C13H14ClNS2. The van der Waals surface area contributed by atoms with Gasteiger partial charge in [0.05, 0.1) is 5.69 Å². The summed E-state index contributed by atoms with van der Waals surface area (Å²) in [6.07, 6.45) is 1.08. The summed E-state index contributed by atoms with van der Waals surface area (Å²) in [6.45, 7) is 6.39. The van der Waals surface area contributed by atoms with Gasteiger partial charge in [0.2, 0.25) is 0 Å². The highest BCUT2D eigenvalue weighted by Gasteiger charge is 2.02. The smallest absolute Gasteiger partial charge is 0.171 e. The molecule has 2 rings (SSSR count). The molecule has 1 aromatic carbocycles. The fraction of sp³-hybridized carbons (Fsp3) is 0.308. The molecule has 0 saturated carbocycles. The Labute approximate surface area is 114 Å². The Morgan fingerprint density at radius 1 is 1.24 bits per heavy atom. The Hall–Kier alpha value is -0.640. The van der Waals surface area contributed by atoms with Gasteiger partial charge in [0, 0.05) is 14.8 Å². The van der Waals surface area contributed by atoms with Crippen LogP contribution >= 0.6 is 34.3 Å². The van der Waals surface area contributed by atoms with Crippen molar-refractivity contribution in [3.8, 4) is 0 Å². The molecule has 17 heavy (non-hydrogen) atoms. The van der Waals surface area contributed by atoms with Crippen LogP contribution in [0.3, 0.4) is 0 Å². The maximum absolute atomic E-state index is 5.99. The van der Waals surface area contributed by atoms with Crippen LogP contribution in [-0.4, -0.2) is 0 Å². The number of benzene rings is 1. The molecule has 1 aromatic heterocycles. The lowest BCUT2D eigenvalue weighted by Crippen LogP contribution is -1.86. The lowest BCUT2D eigenvalue weighted by Gasteiger charge is -1.98. The molecule has 0 amide bonds. The maximum atomic E-state index is 5.99. The Kier molecular flexibility index (Phi) is 4.02. The minimum Gasteiger partial charge on any atom is -0.227 e. The molecule has 0 aliphatic carbocycles. The molecular weight excluding hydrogens is 270 g/mol. The van der Waals surface area contributed by atoms with E-state index in [0.717, 1.165) is 26.7 Å². The van der Waals surface area contributed by atoms with E-state index in [-0.39, 0.29) is 0 Å². The first-order valence-corrected chi connectivity index (χ1v) is 7.51. The van der Waals surface area contributed by atoms with E-state index in [9.17, 15) is 0 Å². The molecule has 1 heterocycles. The molecule has 0 saturated heterocycles. The average Bonchev–Trinajstić information content (AvgIpc) is 2.64. The molecule has 0 fully saturated rings. The topological polar surface area (TPSA) is 12.4 Å². The monoisotopic (exact) mass is 283 g/mol. The third kappa shape index (κ3) is 2.97. The highest BCUT2D eigenvalue weighted by Crippen LogP contribution is 2.24. The van der Waals surface area contributed by atoms with Gasteiger partial charge in [0.1, 0.15) is 0 Å². The van der Waals surface area contributed by atoms with Gasteiger partial charge < -0.3 is 0 Å². The fourth-order valence-electron chi connectivity index (χ4n) is 1.55. The number of aryl methyl sites for hydroxylation is 3. The van der Waals surface area contributed by atoms with Crippen LogP contribution in [0.25, 0.3) is 0 Å². The van der Waals surface area contributed by atoms with E-state index in [2.05, 4.69) is 25.8 Å². The predicted molar refractivity (Wildman–Crippen MR) is 77.7 cm³/mol. The van der Waals surface area contributed by atoms with Crippen LogP contribution in [0.4, 0.5) is 5.69 Å². The van der Waals surface area contributed by atoms with E-state index in [1.165, 1.54) is 9.75 Å². The third-order valence-corrected chi connectivity index (χ3v) is 5.34. The summed E-state index contributed by atoms with van der Waals surface area (Å²) >= 11 is 9.53. The van der Waals surface area contributed by atoms with Crippen molar-refractivity contribution in [3.63, 3.8) is 0 Å². The molecule has 0 atom stereocenters. The zero-order chi connectivity index (χ0) is 12.4. The Balaban J connectivity index is 2.50. The van der Waals surface area contributed by atoms with Crippen LogP contribution in [0.5, 0.6) is 0 Å². The first-order chi connectivity index (χ1) is 8.10. The minimum absolute atomic E-state index is 0.739. The molecule has 4 heteroatoms. The quantitative estimate of drug-likeness (QED) is 0.745. The van der Waals surface area contributed by atoms with Crippen LogP contribution in [0.15, 0.2) is 23.2 Å². The van der Waals surface area contributed by atoms with Crippen LogP contribution in [0.1, 0.15) is 22.2 Å². The summed E-state index contributed by atoms with van der Waals surface area (Å²) in [7, 11) is 0. The minimum atomic E-state index is 0.739. The zero-order valence-electron chi connectivity index (χ0n) is 10.1. The molecule has 0 unspecified atom stereocenters. The third-order valence-electron chi connectivity index (χ3n) is 2.55. The second kappa shape index (κ2) is 5.34. The fourth-order valence-corrected chi connectivity index (χ4v) is 4.12. The molecule has 0 aliphatic rings. The van der Waals surface area contributed by atoms with Crippen molar-refractivity contribution in [2.45, 2.75) is 27.2 Å². The summed E-state index contributed by atoms with van der Waals surface area (Å²) in [5.74, 6) is 0. The van der Waals surface area contributed by atoms with Crippen LogP contribution < -0.4 is 3.98 Å². The van der Waals surface area contributed by atoms with Crippen molar-refractivity contribution in [2.24, 2.45) is 4.99 Å². The Morgan fingerprint density at radius 2 is 2.00 bits per heavy atom. The van der Waals surface area contributed by atoms with Crippen LogP contribution in [0.2, 0.25) is 5.02 Å². The normalized spacial score (nSPS) is 12.1. The molecule has 90 valence electrons.